The number of thiophene rings is 1. The molecule has 0 spiro atoms. The Morgan fingerprint density at radius 2 is 1.96 bits per heavy atom. The Hall–Kier alpha value is -2.44. The molecule has 3 aromatic heterocycles. The van der Waals surface area contributed by atoms with Crippen molar-refractivity contribution in [3.05, 3.63) is 70.7 Å². The predicted octanol–water partition coefficient (Wildman–Crippen LogP) is 4.98. The summed E-state index contributed by atoms with van der Waals surface area (Å²) < 4.78 is 1.90. The number of hydrogen-bond donors (Lipinski definition) is 1. The summed E-state index contributed by atoms with van der Waals surface area (Å²) in [7, 11) is 0. The minimum atomic E-state index is 0.808. The van der Waals surface area contributed by atoms with Crippen LogP contribution >= 0.6 is 22.7 Å². The number of anilines is 1. The highest BCUT2D eigenvalue weighted by molar-refractivity contribution is 7.19. The molecule has 0 unspecified atom stereocenters. The quantitative estimate of drug-likeness (QED) is 0.551. The molecule has 6 heteroatoms. The monoisotopic (exact) mass is 352 g/mol. The molecule has 0 aliphatic heterocycles. The highest BCUT2D eigenvalue weighted by Gasteiger charge is 2.13. The van der Waals surface area contributed by atoms with Crippen LogP contribution in [0.5, 0.6) is 0 Å². The Balaban J connectivity index is 1.55. The van der Waals surface area contributed by atoms with Gasteiger partial charge in [0.05, 0.1) is 22.8 Å². The third-order valence-corrected chi connectivity index (χ3v) is 5.65. The summed E-state index contributed by atoms with van der Waals surface area (Å²) in [4.78, 5) is 7.04. The van der Waals surface area contributed by atoms with E-state index < -0.39 is 0 Å². The Bertz CT molecular complexity index is 923. The van der Waals surface area contributed by atoms with Crippen molar-refractivity contribution in [2.75, 3.05) is 5.32 Å². The van der Waals surface area contributed by atoms with E-state index >= 15 is 0 Å². The molecular weight excluding hydrogens is 336 g/mol. The third-order valence-electron chi connectivity index (χ3n) is 3.63. The minimum absolute atomic E-state index is 0.808. The maximum atomic E-state index is 4.70. The number of hydrogen-bond acceptors (Lipinski definition) is 5. The Morgan fingerprint density at radius 3 is 2.75 bits per heavy atom. The summed E-state index contributed by atoms with van der Waals surface area (Å²) >= 11 is 3.40. The molecule has 3 heterocycles. The molecule has 0 saturated heterocycles. The van der Waals surface area contributed by atoms with Gasteiger partial charge in [0.1, 0.15) is 5.69 Å². The van der Waals surface area contributed by atoms with Crippen molar-refractivity contribution in [2.24, 2.45) is 0 Å². The van der Waals surface area contributed by atoms with Crippen molar-refractivity contribution in [1.29, 1.82) is 0 Å². The van der Waals surface area contributed by atoms with Gasteiger partial charge in [-0.1, -0.05) is 35.6 Å². The number of rotatable bonds is 5. The van der Waals surface area contributed by atoms with Crippen molar-refractivity contribution in [3.8, 4) is 16.3 Å². The molecule has 0 radical (unpaired) electrons. The molecule has 0 fully saturated rings. The third kappa shape index (κ3) is 3.11. The number of para-hydroxylation sites is 1. The van der Waals surface area contributed by atoms with Gasteiger partial charge in [0.2, 0.25) is 0 Å². The van der Waals surface area contributed by atoms with Crippen molar-refractivity contribution in [3.63, 3.8) is 0 Å². The molecule has 0 atom stereocenters. The van der Waals surface area contributed by atoms with Gasteiger partial charge in [-0.2, -0.15) is 5.10 Å². The highest BCUT2D eigenvalue weighted by atomic mass is 32.1. The Kier molecular flexibility index (Phi) is 4.15. The fraction of sp³-hybridized carbons (Fsp3) is 0.111. The molecule has 1 aromatic carbocycles. The number of nitrogens with zero attached hydrogens (tertiary/aromatic N) is 3. The van der Waals surface area contributed by atoms with E-state index in [9.17, 15) is 0 Å². The standard InChI is InChI=1S/C18H16N4S2/c1-13-17(24-18(20-13)19-12-15-8-5-11-23-15)16-9-10-22(21-16)14-6-3-2-4-7-14/h2-11H,12H2,1H3,(H,19,20). The first kappa shape index (κ1) is 15.1. The Labute approximate surface area is 148 Å². The maximum Gasteiger partial charge on any atom is 0.183 e. The normalized spacial score (nSPS) is 10.9. The van der Waals surface area contributed by atoms with E-state index in [4.69, 9.17) is 5.10 Å². The van der Waals surface area contributed by atoms with Gasteiger partial charge in [0.25, 0.3) is 0 Å². The summed E-state index contributed by atoms with van der Waals surface area (Å²) in [6.07, 6.45) is 1.99. The molecule has 4 rings (SSSR count). The van der Waals surface area contributed by atoms with E-state index in [0.717, 1.165) is 33.6 Å². The molecule has 0 amide bonds. The zero-order valence-corrected chi connectivity index (χ0v) is 14.8. The van der Waals surface area contributed by atoms with Gasteiger partial charge in [0.15, 0.2) is 5.13 Å². The number of thiazole rings is 1. The fourth-order valence-corrected chi connectivity index (χ4v) is 4.03. The van der Waals surface area contributed by atoms with Gasteiger partial charge in [-0.15, -0.1) is 11.3 Å². The smallest absolute Gasteiger partial charge is 0.183 e. The first-order valence-corrected chi connectivity index (χ1v) is 9.34. The molecule has 0 bridgehead atoms. The molecule has 24 heavy (non-hydrogen) atoms. The number of aryl methyl sites for hydroxylation is 1. The van der Waals surface area contributed by atoms with E-state index in [2.05, 4.69) is 27.8 Å². The first-order valence-electron chi connectivity index (χ1n) is 7.65. The van der Waals surface area contributed by atoms with E-state index in [1.807, 2.05) is 54.2 Å². The van der Waals surface area contributed by atoms with Crippen LogP contribution < -0.4 is 5.32 Å². The van der Waals surface area contributed by atoms with E-state index in [1.54, 1.807) is 22.7 Å². The van der Waals surface area contributed by atoms with E-state index in [1.165, 1.54) is 4.88 Å². The average molecular weight is 352 g/mol. The average Bonchev–Trinajstić information content (AvgIpc) is 3.34. The Morgan fingerprint density at radius 1 is 1.08 bits per heavy atom. The topological polar surface area (TPSA) is 42.7 Å². The van der Waals surface area contributed by atoms with Crippen molar-refractivity contribution < 1.29 is 0 Å². The van der Waals surface area contributed by atoms with Gasteiger partial charge in [0, 0.05) is 11.1 Å². The molecule has 0 saturated carbocycles. The molecule has 0 aliphatic carbocycles. The van der Waals surface area contributed by atoms with E-state index in [-0.39, 0.29) is 0 Å². The molecule has 4 nitrogen and oxygen atoms in total. The van der Waals surface area contributed by atoms with Crippen molar-refractivity contribution in [1.82, 2.24) is 14.8 Å². The summed E-state index contributed by atoms with van der Waals surface area (Å²) in [6.45, 7) is 2.84. The van der Waals surface area contributed by atoms with Gasteiger partial charge < -0.3 is 5.32 Å². The number of aromatic nitrogens is 3. The lowest BCUT2D eigenvalue weighted by atomic mass is 10.3. The van der Waals surface area contributed by atoms with Crippen LogP contribution in [0.2, 0.25) is 0 Å². The lowest BCUT2D eigenvalue weighted by Gasteiger charge is -1.99. The predicted molar refractivity (Wildman–Crippen MR) is 101 cm³/mol. The molecule has 0 aliphatic rings. The van der Waals surface area contributed by atoms with Crippen LogP contribution in [-0.2, 0) is 6.54 Å². The van der Waals surface area contributed by atoms with Crippen LogP contribution in [-0.4, -0.2) is 14.8 Å². The number of benzene rings is 1. The van der Waals surface area contributed by atoms with E-state index in [0.29, 0.717) is 0 Å². The summed E-state index contributed by atoms with van der Waals surface area (Å²) in [5, 5.41) is 11.1. The molecule has 1 N–H and O–H groups in total. The first-order chi connectivity index (χ1) is 11.8. The largest absolute Gasteiger partial charge is 0.357 e. The molecular formula is C18H16N4S2. The summed E-state index contributed by atoms with van der Waals surface area (Å²) in [6, 6.07) is 16.4. The SMILES string of the molecule is Cc1nc(NCc2cccs2)sc1-c1ccn(-c2ccccc2)n1. The zero-order valence-electron chi connectivity index (χ0n) is 13.1. The molecule has 4 aromatic rings. The van der Waals surface area contributed by atoms with Crippen LogP contribution in [0.1, 0.15) is 10.6 Å². The van der Waals surface area contributed by atoms with Crippen LogP contribution in [0.4, 0.5) is 5.13 Å². The maximum absolute atomic E-state index is 4.70. The van der Waals surface area contributed by atoms with Gasteiger partial charge in [-0.3, -0.25) is 0 Å². The second kappa shape index (κ2) is 6.59. The second-order valence-corrected chi connectivity index (χ2v) is 7.38. The van der Waals surface area contributed by atoms with Crippen LogP contribution in [0.3, 0.4) is 0 Å². The van der Waals surface area contributed by atoms with Crippen molar-refractivity contribution in [2.45, 2.75) is 13.5 Å². The van der Waals surface area contributed by atoms with Crippen molar-refractivity contribution >= 4 is 27.8 Å². The molecule has 120 valence electrons. The van der Waals surface area contributed by atoms with Crippen LogP contribution in [0.15, 0.2) is 60.1 Å². The van der Waals surface area contributed by atoms with Gasteiger partial charge in [-0.25, -0.2) is 9.67 Å². The summed E-state index contributed by atoms with van der Waals surface area (Å²) in [5.41, 5.74) is 3.02. The zero-order chi connectivity index (χ0) is 16.4. The second-order valence-electron chi connectivity index (χ2n) is 5.35. The van der Waals surface area contributed by atoms with Gasteiger partial charge in [-0.05, 0) is 36.6 Å². The fourth-order valence-electron chi connectivity index (χ4n) is 2.46. The summed E-state index contributed by atoms with van der Waals surface area (Å²) in [5.74, 6) is 0. The van der Waals surface area contributed by atoms with Gasteiger partial charge >= 0.3 is 0 Å². The lowest BCUT2D eigenvalue weighted by Crippen LogP contribution is -1.96. The lowest BCUT2D eigenvalue weighted by molar-refractivity contribution is 0.884. The van der Waals surface area contributed by atoms with Crippen LogP contribution in [0, 0.1) is 6.92 Å². The highest BCUT2D eigenvalue weighted by Crippen LogP contribution is 2.32. The number of nitrogens with one attached hydrogen (secondary N) is 1. The van der Waals surface area contributed by atoms with Crippen LogP contribution in [0.25, 0.3) is 16.3 Å². The minimum Gasteiger partial charge on any atom is -0.357 e.